The van der Waals surface area contributed by atoms with Gasteiger partial charge in [-0.1, -0.05) is 0 Å². The maximum absolute atomic E-state index is 12.5. The minimum absolute atomic E-state index is 0.212. The van der Waals surface area contributed by atoms with E-state index in [0.717, 1.165) is 38.5 Å². The average molecular weight is 440 g/mol. The number of hydrogen-bond acceptors (Lipinski definition) is 6. The Bertz CT molecular complexity index is 348. The zero-order chi connectivity index (χ0) is 19.1. The average Bonchev–Trinajstić information content (AvgIpc) is 2.55. The summed E-state index contributed by atoms with van der Waals surface area (Å²) in [5.74, 6) is -0.867. The van der Waals surface area contributed by atoms with Crippen LogP contribution in [0.2, 0.25) is 3.63 Å². The Labute approximate surface area is 159 Å². The van der Waals surface area contributed by atoms with Gasteiger partial charge in [-0.3, -0.25) is 0 Å². The summed E-state index contributed by atoms with van der Waals surface area (Å²) in [6.45, 7) is 10.8. The number of ether oxygens (including phenoxy) is 1. The van der Waals surface area contributed by atoms with Crippen molar-refractivity contribution >= 4 is 11.8 Å². The van der Waals surface area contributed by atoms with Crippen molar-refractivity contribution < 1.29 is 44.4 Å². The number of carbonyl (C=O) groups is 2. The van der Waals surface area contributed by atoms with Crippen LogP contribution in [0.4, 0.5) is 0 Å². The van der Waals surface area contributed by atoms with Crippen LogP contribution in [-0.2, 0) is 44.4 Å². The molecule has 6 nitrogen and oxygen atoms in total. The minimum atomic E-state index is -4.45. The van der Waals surface area contributed by atoms with Crippen LogP contribution in [0.15, 0.2) is 0 Å². The molecular formula is C18H36O6Zr. The van der Waals surface area contributed by atoms with Gasteiger partial charge in [0.2, 0.25) is 0 Å². The van der Waals surface area contributed by atoms with E-state index in [9.17, 15) is 9.59 Å². The third-order valence-corrected chi connectivity index (χ3v) is 11.5. The van der Waals surface area contributed by atoms with Crippen molar-refractivity contribution in [2.24, 2.45) is 0 Å². The van der Waals surface area contributed by atoms with E-state index < -0.39 is 31.2 Å². The van der Waals surface area contributed by atoms with Gasteiger partial charge in [-0.15, -0.1) is 0 Å². The molecule has 0 heterocycles. The van der Waals surface area contributed by atoms with Crippen LogP contribution < -0.4 is 0 Å². The van der Waals surface area contributed by atoms with Crippen LogP contribution in [0.25, 0.3) is 0 Å². The zero-order valence-corrected chi connectivity index (χ0v) is 19.1. The van der Waals surface area contributed by atoms with Gasteiger partial charge in [0, 0.05) is 0 Å². The molecule has 0 bridgehead atoms. The number of esters is 1. The van der Waals surface area contributed by atoms with Crippen molar-refractivity contribution in [2.75, 3.05) is 26.4 Å². The molecule has 0 rings (SSSR count). The summed E-state index contributed by atoms with van der Waals surface area (Å²) in [5.41, 5.74) is 0. The van der Waals surface area contributed by atoms with Crippen LogP contribution >= 0.6 is 0 Å². The molecule has 1 unspecified atom stereocenters. The topological polar surface area (TPSA) is 71.1 Å². The number of Topliss-reactive ketones (excluding diaryl/α,β-unsaturated/α-hetero) is 1. The standard InChI is InChI=1S/C6H9O3.3C4H9O.Zr/c1-3-9-6(8)4-5(2)7;3*1-2-3-4-5;/h4H,3H2,1-2H3;3*2-4H2,1H3;/q;3*-1;+3. The summed E-state index contributed by atoms with van der Waals surface area (Å²) < 4.78 is 22.4. The van der Waals surface area contributed by atoms with Gasteiger partial charge in [-0.2, -0.15) is 0 Å². The van der Waals surface area contributed by atoms with Gasteiger partial charge in [-0.25, -0.2) is 0 Å². The molecule has 0 saturated heterocycles. The molecule has 0 saturated carbocycles. The molecule has 0 spiro atoms. The van der Waals surface area contributed by atoms with Crippen LogP contribution in [0.1, 0.15) is 73.1 Å². The molecule has 0 aliphatic carbocycles. The monoisotopic (exact) mass is 438 g/mol. The Kier molecular flexibility index (Phi) is 15.0. The predicted molar refractivity (Wildman–Crippen MR) is 93.6 cm³/mol. The Hall–Kier alpha value is -0.0969. The molecular weight excluding hydrogens is 403 g/mol. The second-order valence-electron chi connectivity index (χ2n) is 6.01. The summed E-state index contributed by atoms with van der Waals surface area (Å²) >= 11 is -4.45. The molecule has 0 aliphatic rings. The first kappa shape index (κ1) is 24.9. The molecule has 7 heteroatoms. The molecule has 25 heavy (non-hydrogen) atoms. The molecule has 0 aromatic carbocycles. The number of carbonyl (C=O) groups excluding carboxylic acids is 2. The van der Waals surface area contributed by atoms with Crippen LogP contribution in [0.5, 0.6) is 0 Å². The summed E-state index contributed by atoms with van der Waals surface area (Å²) in [7, 11) is 0. The fraction of sp³-hybridized carbons (Fsp3) is 0.889. The van der Waals surface area contributed by atoms with Gasteiger partial charge in [-0.05, 0) is 0 Å². The van der Waals surface area contributed by atoms with Gasteiger partial charge in [0.25, 0.3) is 0 Å². The SMILES string of the molecule is CCCC[O][Zr]([O]CCCC)([O]CCCC)[CH](C(C)=O)C(=O)OCC. The predicted octanol–water partition coefficient (Wildman–Crippen LogP) is 4.28. The normalized spacial score (nSPS) is 12.8. The third-order valence-electron chi connectivity index (χ3n) is 3.69. The molecule has 0 aliphatic heterocycles. The summed E-state index contributed by atoms with van der Waals surface area (Å²) in [6, 6.07) is 0. The maximum atomic E-state index is 12.5. The molecule has 0 radical (unpaired) electrons. The Morgan fingerprint density at radius 1 is 0.800 bits per heavy atom. The number of unbranched alkanes of at least 4 members (excludes halogenated alkanes) is 3. The first-order valence-corrected chi connectivity index (χ1v) is 14.0. The third kappa shape index (κ3) is 9.41. The second kappa shape index (κ2) is 15.0. The molecule has 0 fully saturated rings. The van der Waals surface area contributed by atoms with Crippen molar-refractivity contribution in [2.45, 2.75) is 76.8 Å². The Morgan fingerprint density at radius 2 is 1.20 bits per heavy atom. The van der Waals surface area contributed by atoms with Crippen molar-refractivity contribution in [3.63, 3.8) is 0 Å². The van der Waals surface area contributed by atoms with Gasteiger partial charge >= 0.3 is 159 Å². The van der Waals surface area contributed by atoms with E-state index in [1.807, 2.05) is 0 Å². The zero-order valence-electron chi connectivity index (χ0n) is 16.6. The van der Waals surface area contributed by atoms with Crippen molar-refractivity contribution in [1.29, 1.82) is 0 Å². The van der Waals surface area contributed by atoms with E-state index in [2.05, 4.69) is 20.8 Å². The number of hydrogen-bond donors (Lipinski definition) is 0. The quantitative estimate of drug-likeness (QED) is 0.203. The van der Waals surface area contributed by atoms with E-state index in [1.54, 1.807) is 6.92 Å². The van der Waals surface area contributed by atoms with Crippen molar-refractivity contribution in [3.8, 4) is 0 Å². The summed E-state index contributed by atoms with van der Waals surface area (Å²) in [6.07, 6.45) is 5.36. The van der Waals surface area contributed by atoms with Gasteiger partial charge in [0.15, 0.2) is 0 Å². The van der Waals surface area contributed by atoms with E-state index in [4.69, 9.17) is 13.2 Å². The summed E-state index contributed by atoms with van der Waals surface area (Å²) in [4.78, 5) is 24.8. The van der Waals surface area contributed by atoms with Crippen molar-refractivity contribution in [3.05, 3.63) is 0 Å². The van der Waals surface area contributed by atoms with Gasteiger partial charge in [0.1, 0.15) is 0 Å². The van der Waals surface area contributed by atoms with E-state index in [-0.39, 0.29) is 12.4 Å². The fourth-order valence-electron chi connectivity index (χ4n) is 2.24. The first-order valence-electron chi connectivity index (χ1n) is 9.57. The molecule has 0 N–H and O–H groups in total. The molecule has 1 atom stereocenters. The first-order chi connectivity index (χ1) is 12.0. The van der Waals surface area contributed by atoms with Crippen LogP contribution in [0.3, 0.4) is 0 Å². The van der Waals surface area contributed by atoms with Gasteiger partial charge in [0.05, 0.1) is 0 Å². The number of ketones is 1. The van der Waals surface area contributed by atoms with Crippen LogP contribution in [0, 0.1) is 0 Å². The Morgan fingerprint density at radius 3 is 1.48 bits per heavy atom. The summed E-state index contributed by atoms with van der Waals surface area (Å²) in [5, 5.41) is 0. The van der Waals surface area contributed by atoms with Crippen molar-refractivity contribution in [1.82, 2.24) is 0 Å². The number of rotatable bonds is 16. The van der Waals surface area contributed by atoms with Gasteiger partial charge < -0.3 is 0 Å². The molecule has 0 aromatic heterocycles. The second-order valence-corrected chi connectivity index (χ2v) is 12.5. The van der Waals surface area contributed by atoms with E-state index in [1.165, 1.54) is 6.92 Å². The fourth-order valence-corrected chi connectivity index (χ4v) is 9.38. The molecule has 0 aromatic rings. The van der Waals surface area contributed by atoms with E-state index >= 15 is 0 Å². The molecule has 148 valence electrons. The van der Waals surface area contributed by atoms with E-state index in [0.29, 0.717) is 19.8 Å². The Balaban J connectivity index is 5.58. The van der Waals surface area contributed by atoms with Crippen LogP contribution in [-0.4, -0.2) is 38.2 Å². The molecule has 0 amide bonds.